The van der Waals surface area contributed by atoms with Crippen molar-refractivity contribution in [3.05, 3.63) is 58.1 Å². The first kappa shape index (κ1) is 19.9. The van der Waals surface area contributed by atoms with E-state index >= 15 is 0 Å². The lowest BCUT2D eigenvalue weighted by Gasteiger charge is -2.38. The number of pyridine rings is 1. The van der Waals surface area contributed by atoms with Gasteiger partial charge in [0.05, 0.1) is 5.52 Å². The fourth-order valence-electron chi connectivity index (χ4n) is 3.51. The van der Waals surface area contributed by atoms with Crippen LogP contribution in [0.5, 0.6) is 0 Å². The van der Waals surface area contributed by atoms with Gasteiger partial charge < -0.3 is 14.9 Å². The molecule has 1 amide bonds. The van der Waals surface area contributed by atoms with E-state index in [4.69, 9.17) is 5.26 Å². The molecule has 0 spiro atoms. The summed E-state index contributed by atoms with van der Waals surface area (Å²) in [6.45, 7) is 1.98. The number of hydrogen-bond donors (Lipinski definition) is 2. The lowest BCUT2D eigenvalue weighted by molar-refractivity contribution is -0.122. The third-order valence-electron chi connectivity index (χ3n) is 5.19. The van der Waals surface area contributed by atoms with E-state index in [-0.39, 0.29) is 22.7 Å². The molecule has 154 valence electrons. The second kappa shape index (κ2) is 7.12. The summed E-state index contributed by atoms with van der Waals surface area (Å²) >= 11 is 0. The molecule has 1 aromatic carbocycles. The fraction of sp³-hybridized carbons (Fsp3) is 0.250. The number of aryl methyl sites for hydroxylation is 2. The number of carbonyl (C=O) groups excluding carboxylic acids is 1. The van der Waals surface area contributed by atoms with Crippen LogP contribution < -0.4 is 10.9 Å². The molecule has 1 fully saturated rings. The minimum Gasteiger partial charge on any atom is -0.345 e. The monoisotopic (exact) mass is 425 g/mol. The van der Waals surface area contributed by atoms with Crippen LogP contribution in [-0.4, -0.2) is 40.8 Å². The van der Waals surface area contributed by atoms with Crippen LogP contribution in [0.15, 0.2) is 46.2 Å². The van der Waals surface area contributed by atoms with E-state index in [0.29, 0.717) is 23.0 Å². The van der Waals surface area contributed by atoms with Gasteiger partial charge in [-0.05, 0) is 43.2 Å². The Morgan fingerprint density at radius 2 is 2.07 bits per heavy atom. The topological polar surface area (TPSA) is 128 Å². The van der Waals surface area contributed by atoms with Crippen molar-refractivity contribution in [3.8, 4) is 6.07 Å². The Balaban J connectivity index is 1.65. The summed E-state index contributed by atoms with van der Waals surface area (Å²) in [5.41, 5.74) is 1.36. The first-order valence-electron chi connectivity index (χ1n) is 9.23. The Morgan fingerprint density at radius 3 is 2.70 bits per heavy atom. The molecular weight excluding hydrogens is 406 g/mol. The highest BCUT2D eigenvalue weighted by Crippen LogP contribution is 2.32. The standard InChI is InChI=1S/C20H19N5O4S/c1-12-7-13-9-15(11-21)22-19(13)17(8-12)30(28,29)25-6-4-16(25)20(27)23-14-3-5-24(2)18(26)10-14/h3,5,7-10,16,22H,4,6H2,1-2H3,(H,23,27)/t16-/m0/s1. The molecule has 1 saturated heterocycles. The van der Waals surface area contributed by atoms with Gasteiger partial charge in [-0.2, -0.15) is 9.57 Å². The van der Waals surface area contributed by atoms with Crippen molar-refractivity contribution in [2.75, 3.05) is 11.9 Å². The van der Waals surface area contributed by atoms with E-state index in [1.807, 2.05) is 6.07 Å². The summed E-state index contributed by atoms with van der Waals surface area (Å²) in [7, 11) is -2.39. The molecule has 1 aliphatic rings. The summed E-state index contributed by atoms with van der Waals surface area (Å²) in [6, 6.07) is 8.88. The molecule has 0 unspecified atom stereocenters. The van der Waals surface area contributed by atoms with E-state index < -0.39 is 22.0 Å². The van der Waals surface area contributed by atoms with E-state index in [1.165, 1.54) is 22.9 Å². The number of carbonyl (C=O) groups is 1. The van der Waals surface area contributed by atoms with Crippen molar-refractivity contribution in [3.63, 3.8) is 0 Å². The molecule has 4 rings (SSSR count). The molecule has 10 heteroatoms. The summed E-state index contributed by atoms with van der Waals surface area (Å²) in [5.74, 6) is -0.494. The van der Waals surface area contributed by atoms with E-state index in [0.717, 1.165) is 9.87 Å². The summed E-state index contributed by atoms with van der Waals surface area (Å²) in [4.78, 5) is 27.3. The van der Waals surface area contributed by atoms with Crippen molar-refractivity contribution in [1.82, 2.24) is 13.9 Å². The zero-order chi connectivity index (χ0) is 21.6. The van der Waals surface area contributed by atoms with Gasteiger partial charge in [-0.15, -0.1) is 0 Å². The van der Waals surface area contributed by atoms with Crippen LogP contribution in [0.3, 0.4) is 0 Å². The van der Waals surface area contributed by atoms with E-state index in [1.54, 1.807) is 32.2 Å². The van der Waals surface area contributed by atoms with Crippen LogP contribution in [0.1, 0.15) is 17.7 Å². The molecule has 0 bridgehead atoms. The second-order valence-corrected chi connectivity index (χ2v) is 9.16. The maximum atomic E-state index is 13.3. The van der Waals surface area contributed by atoms with Crippen molar-refractivity contribution < 1.29 is 13.2 Å². The Kier molecular flexibility index (Phi) is 4.72. The number of benzene rings is 1. The molecule has 3 heterocycles. The van der Waals surface area contributed by atoms with Crippen molar-refractivity contribution in [1.29, 1.82) is 5.26 Å². The van der Waals surface area contributed by atoms with Gasteiger partial charge in [0.1, 0.15) is 22.7 Å². The van der Waals surface area contributed by atoms with Gasteiger partial charge >= 0.3 is 0 Å². The molecule has 30 heavy (non-hydrogen) atoms. The predicted molar refractivity (Wildman–Crippen MR) is 110 cm³/mol. The van der Waals surface area contributed by atoms with Crippen molar-refractivity contribution >= 4 is 32.5 Å². The minimum atomic E-state index is -3.98. The van der Waals surface area contributed by atoms with Gasteiger partial charge in [-0.25, -0.2) is 8.42 Å². The van der Waals surface area contributed by atoms with Crippen LogP contribution in [-0.2, 0) is 21.9 Å². The number of nitrogens with zero attached hydrogens (tertiary/aromatic N) is 3. The normalized spacial score (nSPS) is 16.8. The predicted octanol–water partition coefficient (Wildman–Crippen LogP) is 1.45. The highest BCUT2D eigenvalue weighted by molar-refractivity contribution is 7.89. The number of anilines is 1. The number of fused-ring (bicyclic) bond motifs is 1. The number of sulfonamides is 1. The molecule has 1 atom stereocenters. The maximum Gasteiger partial charge on any atom is 0.252 e. The van der Waals surface area contributed by atoms with Crippen molar-refractivity contribution in [2.45, 2.75) is 24.3 Å². The average Bonchev–Trinajstić information content (AvgIpc) is 3.05. The zero-order valence-electron chi connectivity index (χ0n) is 16.3. The highest BCUT2D eigenvalue weighted by atomic mass is 32.2. The second-order valence-electron chi connectivity index (χ2n) is 7.30. The fourth-order valence-corrected chi connectivity index (χ4v) is 5.41. The Bertz CT molecular complexity index is 1380. The molecule has 0 radical (unpaired) electrons. The highest BCUT2D eigenvalue weighted by Gasteiger charge is 2.43. The number of aromatic nitrogens is 2. The number of amides is 1. The van der Waals surface area contributed by atoms with Crippen LogP contribution in [0, 0.1) is 18.3 Å². The molecule has 0 aliphatic carbocycles. The van der Waals surface area contributed by atoms with Crippen LogP contribution in [0.2, 0.25) is 0 Å². The molecule has 2 N–H and O–H groups in total. The minimum absolute atomic E-state index is 0.0325. The van der Waals surface area contributed by atoms with Gasteiger partial charge in [0.2, 0.25) is 15.9 Å². The summed E-state index contributed by atoms with van der Waals surface area (Å²) in [6.07, 6.45) is 1.90. The van der Waals surface area contributed by atoms with Gasteiger partial charge in [-0.1, -0.05) is 0 Å². The van der Waals surface area contributed by atoms with Crippen LogP contribution in [0.4, 0.5) is 5.69 Å². The lowest BCUT2D eigenvalue weighted by atomic mass is 10.1. The SMILES string of the molecule is Cc1cc(S(=O)(=O)N2CC[C@H]2C(=O)Nc2ccn(C)c(=O)c2)c2[nH]c(C#N)cc2c1. The average molecular weight is 425 g/mol. The number of nitrogens with one attached hydrogen (secondary N) is 2. The van der Waals surface area contributed by atoms with Crippen LogP contribution >= 0.6 is 0 Å². The molecule has 9 nitrogen and oxygen atoms in total. The Hall–Kier alpha value is -3.42. The smallest absolute Gasteiger partial charge is 0.252 e. The first-order chi connectivity index (χ1) is 14.2. The maximum absolute atomic E-state index is 13.3. The van der Waals surface area contributed by atoms with E-state index in [2.05, 4.69) is 10.3 Å². The molecule has 3 aromatic rings. The van der Waals surface area contributed by atoms with Gasteiger partial charge in [-0.3, -0.25) is 9.59 Å². The Labute approximate surface area is 172 Å². The van der Waals surface area contributed by atoms with Crippen molar-refractivity contribution in [2.24, 2.45) is 7.05 Å². The third kappa shape index (κ3) is 3.28. The lowest BCUT2D eigenvalue weighted by Crippen LogP contribution is -2.56. The third-order valence-corrected chi connectivity index (χ3v) is 7.12. The van der Waals surface area contributed by atoms with E-state index in [9.17, 15) is 18.0 Å². The number of hydrogen-bond acceptors (Lipinski definition) is 5. The number of nitriles is 1. The van der Waals surface area contributed by atoms with Gasteiger partial charge in [0.25, 0.3) is 5.56 Å². The summed E-state index contributed by atoms with van der Waals surface area (Å²) in [5, 5.41) is 12.4. The summed E-state index contributed by atoms with van der Waals surface area (Å²) < 4.78 is 29.2. The van der Waals surface area contributed by atoms with Gasteiger partial charge in [0.15, 0.2) is 0 Å². The number of aromatic amines is 1. The Morgan fingerprint density at radius 1 is 1.30 bits per heavy atom. The van der Waals surface area contributed by atoms with Crippen LogP contribution in [0.25, 0.3) is 10.9 Å². The molecule has 1 aliphatic heterocycles. The number of rotatable bonds is 4. The molecular formula is C20H19N5O4S. The largest absolute Gasteiger partial charge is 0.345 e. The van der Waals surface area contributed by atoms with Gasteiger partial charge in [0, 0.05) is 36.9 Å². The number of H-pyrrole nitrogens is 1. The first-order valence-corrected chi connectivity index (χ1v) is 10.7. The molecule has 2 aromatic heterocycles. The molecule has 0 saturated carbocycles. The zero-order valence-corrected chi connectivity index (χ0v) is 17.2. The quantitative estimate of drug-likeness (QED) is 0.654.